The Morgan fingerprint density at radius 3 is 2.41 bits per heavy atom. The molecule has 2 aromatic rings. The van der Waals surface area contributed by atoms with Crippen LogP contribution in [-0.2, 0) is 9.59 Å². The lowest BCUT2D eigenvalue weighted by atomic mass is 9.94. The summed E-state index contributed by atoms with van der Waals surface area (Å²) in [5, 5.41) is 21.3. The number of phenols is 1. The van der Waals surface area contributed by atoms with E-state index in [4.69, 9.17) is 16.3 Å². The second kappa shape index (κ2) is 8.17. The number of halogens is 1. The lowest BCUT2D eigenvalue weighted by Gasteiger charge is -2.27. The number of Topliss-reactive ketones (excluding diaryl/α,β-unsaturated/α-hetero) is 1. The molecular formula is C22H22ClNO5. The molecule has 0 saturated carbocycles. The molecule has 1 aliphatic heterocycles. The number of phenolic OH excluding ortho intramolecular Hbond substituents is 1. The van der Waals surface area contributed by atoms with Crippen molar-refractivity contribution in [1.82, 2.24) is 4.90 Å². The minimum atomic E-state index is -0.803. The number of ether oxygens (including phenoxy) is 1. The van der Waals surface area contributed by atoms with Gasteiger partial charge in [-0.05, 0) is 47.9 Å². The number of ketones is 1. The molecule has 3 rings (SSSR count). The summed E-state index contributed by atoms with van der Waals surface area (Å²) in [6.07, 6.45) is 0. The van der Waals surface area contributed by atoms with Crippen molar-refractivity contribution in [2.75, 3.05) is 13.7 Å². The number of hydrogen-bond donors (Lipinski definition) is 2. The zero-order valence-electron chi connectivity index (χ0n) is 16.3. The molecule has 1 aliphatic rings. The smallest absolute Gasteiger partial charge is 0.295 e. The van der Waals surface area contributed by atoms with Crippen LogP contribution in [0.1, 0.15) is 31.0 Å². The van der Waals surface area contributed by atoms with Gasteiger partial charge in [-0.1, -0.05) is 31.5 Å². The molecule has 2 aromatic carbocycles. The van der Waals surface area contributed by atoms with Gasteiger partial charge in [0.1, 0.15) is 5.76 Å². The number of methoxy groups -OCH3 is 1. The number of aliphatic hydroxyl groups is 1. The number of benzene rings is 2. The van der Waals surface area contributed by atoms with Crippen LogP contribution in [-0.4, -0.2) is 40.5 Å². The molecule has 2 N–H and O–H groups in total. The largest absolute Gasteiger partial charge is 0.507 e. The van der Waals surface area contributed by atoms with E-state index in [2.05, 4.69) is 0 Å². The van der Waals surface area contributed by atoms with Crippen molar-refractivity contribution >= 4 is 29.1 Å². The Kier molecular flexibility index (Phi) is 5.84. The van der Waals surface area contributed by atoms with Crippen LogP contribution in [0.3, 0.4) is 0 Å². The molecule has 6 nitrogen and oxygen atoms in total. The van der Waals surface area contributed by atoms with E-state index in [1.165, 1.54) is 18.1 Å². The number of nitrogens with zero attached hydrogens (tertiary/aromatic N) is 1. The number of aliphatic hydroxyl groups excluding tert-OH is 1. The highest BCUT2D eigenvalue weighted by molar-refractivity contribution is 6.46. The second-order valence-electron chi connectivity index (χ2n) is 7.28. The SMILES string of the molecule is COc1cc(C2/C(=C(\O)c3ccc(Cl)cc3)C(=O)C(=O)N2CC(C)C)ccc1O. The summed E-state index contributed by atoms with van der Waals surface area (Å²) in [7, 11) is 1.41. The first-order valence-corrected chi connectivity index (χ1v) is 9.53. The van der Waals surface area contributed by atoms with E-state index in [9.17, 15) is 19.8 Å². The lowest BCUT2D eigenvalue weighted by molar-refractivity contribution is -0.140. The molecule has 0 aliphatic carbocycles. The molecule has 1 atom stereocenters. The normalized spacial score (nSPS) is 18.5. The van der Waals surface area contributed by atoms with Gasteiger partial charge in [0.25, 0.3) is 11.7 Å². The third-order valence-electron chi connectivity index (χ3n) is 4.74. The summed E-state index contributed by atoms with van der Waals surface area (Å²) < 4.78 is 5.18. The van der Waals surface area contributed by atoms with E-state index in [0.717, 1.165) is 0 Å². The Morgan fingerprint density at radius 2 is 1.83 bits per heavy atom. The fourth-order valence-electron chi connectivity index (χ4n) is 3.44. The number of carbonyl (C=O) groups is 2. The molecule has 1 heterocycles. The first-order chi connectivity index (χ1) is 13.7. The fraction of sp³-hybridized carbons (Fsp3) is 0.273. The maximum Gasteiger partial charge on any atom is 0.295 e. The summed E-state index contributed by atoms with van der Waals surface area (Å²) in [6.45, 7) is 4.20. The Hall–Kier alpha value is -2.99. The third kappa shape index (κ3) is 3.93. The molecule has 1 saturated heterocycles. The number of aromatic hydroxyl groups is 1. The third-order valence-corrected chi connectivity index (χ3v) is 4.99. The van der Waals surface area contributed by atoms with E-state index >= 15 is 0 Å². The van der Waals surface area contributed by atoms with E-state index < -0.39 is 17.7 Å². The number of carbonyl (C=O) groups excluding carboxylic acids is 2. The van der Waals surface area contributed by atoms with Crippen LogP contribution in [0, 0.1) is 5.92 Å². The van der Waals surface area contributed by atoms with Gasteiger partial charge >= 0.3 is 0 Å². The van der Waals surface area contributed by atoms with Crippen LogP contribution in [0.5, 0.6) is 11.5 Å². The number of amides is 1. The quantitative estimate of drug-likeness (QED) is 0.435. The minimum Gasteiger partial charge on any atom is -0.507 e. The van der Waals surface area contributed by atoms with Gasteiger partial charge in [-0.2, -0.15) is 0 Å². The van der Waals surface area contributed by atoms with E-state index in [-0.39, 0.29) is 28.7 Å². The monoisotopic (exact) mass is 415 g/mol. The molecule has 0 radical (unpaired) electrons. The first-order valence-electron chi connectivity index (χ1n) is 9.15. The van der Waals surface area contributed by atoms with Crippen molar-refractivity contribution in [2.45, 2.75) is 19.9 Å². The molecule has 0 spiro atoms. The minimum absolute atomic E-state index is 0.00860. The van der Waals surface area contributed by atoms with E-state index in [0.29, 0.717) is 22.7 Å². The summed E-state index contributed by atoms with van der Waals surface area (Å²) >= 11 is 5.92. The summed E-state index contributed by atoms with van der Waals surface area (Å²) in [6, 6.07) is 10.2. The maximum atomic E-state index is 12.9. The molecule has 29 heavy (non-hydrogen) atoms. The maximum absolute atomic E-state index is 12.9. The average molecular weight is 416 g/mol. The van der Waals surface area contributed by atoms with Crippen molar-refractivity contribution in [1.29, 1.82) is 0 Å². The zero-order chi connectivity index (χ0) is 21.3. The molecule has 1 amide bonds. The predicted octanol–water partition coefficient (Wildman–Crippen LogP) is 4.13. The molecule has 0 aromatic heterocycles. The molecule has 7 heteroatoms. The summed E-state index contributed by atoms with van der Waals surface area (Å²) in [5.74, 6) is -1.45. The summed E-state index contributed by atoms with van der Waals surface area (Å²) in [5.41, 5.74) is 0.924. The molecule has 0 bridgehead atoms. The van der Waals surface area contributed by atoms with Gasteiger partial charge < -0.3 is 19.8 Å². The predicted molar refractivity (Wildman–Crippen MR) is 110 cm³/mol. The second-order valence-corrected chi connectivity index (χ2v) is 7.72. The van der Waals surface area contributed by atoms with Gasteiger partial charge in [0, 0.05) is 17.1 Å². The van der Waals surface area contributed by atoms with Crippen molar-refractivity contribution < 1.29 is 24.5 Å². The van der Waals surface area contributed by atoms with Gasteiger partial charge in [-0.15, -0.1) is 0 Å². The molecule has 1 unspecified atom stereocenters. The highest BCUT2D eigenvalue weighted by Crippen LogP contribution is 2.42. The van der Waals surface area contributed by atoms with Crippen molar-refractivity contribution in [3.8, 4) is 11.5 Å². The molecule has 152 valence electrons. The Morgan fingerprint density at radius 1 is 1.17 bits per heavy atom. The highest BCUT2D eigenvalue weighted by Gasteiger charge is 2.46. The van der Waals surface area contributed by atoms with Crippen LogP contribution >= 0.6 is 11.6 Å². The van der Waals surface area contributed by atoms with Gasteiger partial charge in [0.05, 0.1) is 18.7 Å². The van der Waals surface area contributed by atoms with Crippen LogP contribution in [0.15, 0.2) is 48.0 Å². The van der Waals surface area contributed by atoms with Crippen LogP contribution in [0.4, 0.5) is 0 Å². The molecular weight excluding hydrogens is 394 g/mol. The number of hydrogen-bond acceptors (Lipinski definition) is 5. The Bertz CT molecular complexity index is 981. The average Bonchev–Trinajstić information content (AvgIpc) is 2.93. The van der Waals surface area contributed by atoms with Gasteiger partial charge in [0.15, 0.2) is 11.5 Å². The highest BCUT2D eigenvalue weighted by atomic mass is 35.5. The first kappa shape index (κ1) is 20.7. The van der Waals surface area contributed by atoms with Gasteiger partial charge in [0.2, 0.25) is 0 Å². The van der Waals surface area contributed by atoms with Gasteiger partial charge in [-0.25, -0.2) is 0 Å². The van der Waals surface area contributed by atoms with Crippen LogP contribution in [0.25, 0.3) is 5.76 Å². The molecule has 1 fully saturated rings. The Balaban J connectivity index is 2.21. The summed E-state index contributed by atoms with van der Waals surface area (Å²) in [4.78, 5) is 27.1. The van der Waals surface area contributed by atoms with E-state index in [1.807, 2.05) is 13.8 Å². The van der Waals surface area contributed by atoms with Crippen molar-refractivity contribution in [3.63, 3.8) is 0 Å². The van der Waals surface area contributed by atoms with Crippen LogP contribution in [0.2, 0.25) is 5.02 Å². The van der Waals surface area contributed by atoms with Gasteiger partial charge in [-0.3, -0.25) is 9.59 Å². The van der Waals surface area contributed by atoms with Crippen molar-refractivity contribution in [2.24, 2.45) is 5.92 Å². The lowest BCUT2D eigenvalue weighted by Crippen LogP contribution is -2.33. The number of likely N-dealkylation sites (tertiary alicyclic amines) is 1. The van der Waals surface area contributed by atoms with E-state index in [1.54, 1.807) is 36.4 Å². The van der Waals surface area contributed by atoms with Crippen molar-refractivity contribution in [3.05, 3.63) is 64.2 Å². The fourth-order valence-corrected chi connectivity index (χ4v) is 3.56. The van der Waals surface area contributed by atoms with Crippen LogP contribution < -0.4 is 4.74 Å². The number of rotatable bonds is 5. The Labute approximate surface area is 174 Å². The standard InChI is InChI=1S/C22H22ClNO5/c1-12(2)11-24-19(14-6-9-16(25)17(10-14)29-3)18(21(27)22(24)28)20(26)13-4-7-15(23)8-5-13/h4-10,12,19,25-26H,11H2,1-3H3/b20-18+. The zero-order valence-corrected chi connectivity index (χ0v) is 17.1. The topological polar surface area (TPSA) is 87.1 Å².